The lowest BCUT2D eigenvalue weighted by atomic mass is 10.0. The number of nitrogens with zero attached hydrogens (tertiary/aromatic N) is 1. The highest BCUT2D eigenvalue weighted by atomic mass is 32.1. The Balaban J connectivity index is 1.64. The standard InChI is InChI=1S/C24H14F4N2O3S/c25-20-14(5-4-8-19(20)24(26,27)28)13-18-21(31)29-23(34)30(22(18)32)15-9-11-17(12-10-15)33-16-6-2-1-3-7-16/h1-13H,(H,29,31,34). The first-order chi connectivity index (χ1) is 16.1. The van der Waals surface area contributed by atoms with E-state index in [1.165, 1.54) is 12.1 Å². The summed E-state index contributed by atoms with van der Waals surface area (Å²) >= 11 is 5.11. The zero-order valence-corrected chi connectivity index (χ0v) is 17.9. The number of para-hydroxylation sites is 1. The van der Waals surface area contributed by atoms with Crippen molar-refractivity contribution in [3.05, 3.63) is 95.3 Å². The molecule has 0 aromatic heterocycles. The molecule has 1 saturated heterocycles. The van der Waals surface area contributed by atoms with Crippen LogP contribution >= 0.6 is 12.2 Å². The average molecular weight is 486 g/mol. The third-order valence-corrected chi connectivity index (χ3v) is 5.09. The van der Waals surface area contributed by atoms with Gasteiger partial charge in [-0.1, -0.05) is 30.3 Å². The number of benzene rings is 3. The Bertz CT molecular complexity index is 1310. The molecular formula is C24H14F4N2O3S. The number of thiocarbonyl (C=S) groups is 1. The minimum atomic E-state index is -4.94. The molecule has 10 heteroatoms. The van der Waals surface area contributed by atoms with Gasteiger partial charge in [-0.05, 0) is 60.8 Å². The molecule has 0 radical (unpaired) electrons. The lowest BCUT2D eigenvalue weighted by molar-refractivity contribution is -0.140. The molecule has 2 amide bonds. The molecule has 0 unspecified atom stereocenters. The first kappa shape index (κ1) is 23.1. The van der Waals surface area contributed by atoms with Crippen LogP contribution in [0.5, 0.6) is 11.5 Å². The second kappa shape index (κ2) is 9.06. The fourth-order valence-electron chi connectivity index (χ4n) is 3.22. The summed E-state index contributed by atoms with van der Waals surface area (Å²) in [7, 11) is 0. The molecule has 3 aromatic carbocycles. The maximum atomic E-state index is 14.4. The largest absolute Gasteiger partial charge is 0.457 e. The number of rotatable bonds is 4. The molecule has 1 aliphatic heterocycles. The molecule has 1 heterocycles. The predicted molar refractivity (Wildman–Crippen MR) is 121 cm³/mol. The zero-order chi connectivity index (χ0) is 24.5. The van der Waals surface area contributed by atoms with Crippen molar-refractivity contribution in [2.24, 2.45) is 0 Å². The number of carbonyl (C=O) groups is 2. The van der Waals surface area contributed by atoms with Gasteiger partial charge in [0.25, 0.3) is 11.8 Å². The molecule has 1 fully saturated rings. The highest BCUT2D eigenvalue weighted by molar-refractivity contribution is 7.80. The molecule has 0 spiro atoms. The van der Waals surface area contributed by atoms with Crippen molar-refractivity contribution in [2.75, 3.05) is 4.90 Å². The number of ether oxygens (including phenoxy) is 1. The normalized spacial score (nSPS) is 15.5. The quantitative estimate of drug-likeness (QED) is 0.230. The molecule has 0 atom stereocenters. The Kier molecular flexibility index (Phi) is 6.16. The molecule has 34 heavy (non-hydrogen) atoms. The van der Waals surface area contributed by atoms with E-state index in [-0.39, 0.29) is 10.8 Å². The molecule has 5 nitrogen and oxygen atoms in total. The summed E-state index contributed by atoms with van der Waals surface area (Å²) in [5.41, 5.74) is -2.37. The second-order valence-corrected chi connectivity index (χ2v) is 7.46. The number of hydrogen-bond acceptors (Lipinski definition) is 4. The molecule has 3 aromatic rings. The van der Waals surface area contributed by atoms with Gasteiger partial charge in [0, 0.05) is 5.56 Å². The van der Waals surface area contributed by atoms with Crippen LogP contribution in [-0.4, -0.2) is 16.9 Å². The molecule has 0 saturated carbocycles. The van der Waals surface area contributed by atoms with E-state index in [1.807, 2.05) is 6.07 Å². The van der Waals surface area contributed by atoms with E-state index < -0.39 is 40.5 Å². The van der Waals surface area contributed by atoms with E-state index in [4.69, 9.17) is 17.0 Å². The highest BCUT2D eigenvalue weighted by Crippen LogP contribution is 2.33. The Morgan fingerprint density at radius 2 is 1.53 bits per heavy atom. The van der Waals surface area contributed by atoms with Gasteiger partial charge in [-0.2, -0.15) is 13.2 Å². The van der Waals surface area contributed by atoms with Crippen molar-refractivity contribution in [3.63, 3.8) is 0 Å². The highest BCUT2D eigenvalue weighted by Gasteiger charge is 2.37. The van der Waals surface area contributed by atoms with Gasteiger partial charge in [-0.3, -0.25) is 19.8 Å². The van der Waals surface area contributed by atoms with Gasteiger partial charge in [-0.15, -0.1) is 0 Å². The van der Waals surface area contributed by atoms with Crippen LogP contribution in [0.3, 0.4) is 0 Å². The number of amides is 2. The van der Waals surface area contributed by atoms with Crippen LogP contribution in [0.2, 0.25) is 0 Å². The molecule has 1 aliphatic rings. The summed E-state index contributed by atoms with van der Waals surface area (Å²) < 4.78 is 59.2. The Labute approximate surface area is 196 Å². The number of carbonyl (C=O) groups excluding carboxylic acids is 2. The minimum Gasteiger partial charge on any atom is -0.457 e. The van der Waals surface area contributed by atoms with Crippen LogP contribution in [0.25, 0.3) is 6.08 Å². The van der Waals surface area contributed by atoms with Gasteiger partial charge < -0.3 is 4.74 Å². The van der Waals surface area contributed by atoms with Gasteiger partial charge in [-0.25, -0.2) is 4.39 Å². The predicted octanol–water partition coefficient (Wildman–Crippen LogP) is 5.47. The van der Waals surface area contributed by atoms with E-state index in [0.29, 0.717) is 17.6 Å². The van der Waals surface area contributed by atoms with E-state index >= 15 is 0 Å². The Morgan fingerprint density at radius 1 is 0.882 bits per heavy atom. The first-order valence-electron chi connectivity index (χ1n) is 9.75. The Morgan fingerprint density at radius 3 is 2.18 bits per heavy atom. The molecule has 4 rings (SSSR count). The molecular weight excluding hydrogens is 472 g/mol. The molecule has 0 bridgehead atoms. The van der Waals surface area contributed by atoms with E-state index in [1.54, 1.807) is 36.4 Å². The van der Waals surface area contributed by atoms with Crippen LogP contribution in [-0.2, 0) is 15.8 Å². The van der Waals surface area contributed by atoms with Crippen molar-refractivity contribution in [3.8, 4) is 11.5 Å². The zero-order valence-electron chi connectivity index (χ0n) is 17.1. The van der Waals surface area contributed by atoms with Gasteiger partial charge in [0.2, 0.25) is 0 Å². The van der Waals surface area contributed by atoms with Crippen molar-refractivity contribution >= 4 is 40.9 Å². The fourth-order valence-corrected chi connectivity index (χ4v) is 3.50. The van der Waals surface area contributed by atoms with Gasteiger partial charge in [0.15, 0.2) is 5.11 Å². The van der Waals surface area contributed by atoms with E-state index in [0.717, 1.165) is 23.1 Å². The number of hydrogen-bond donors (Lipinski definition) is 1. The van der Waals surface area contributed by atoms with E-state index in [2.05, 4.69) is 5.32 Å². The lowest BCUT2D eigenvalue weighted by Crippen LogP contribution is -2.54. The van der Waals surface area contributed by atoms with Crippen molar-refractivity contribution < 1.29 is 31.9 Å². The number of anilines is 1. The minimum absolute atomic E-state index is 0.228. The van der Waals surface area contributed by atoms with E-state index in [9.17, 15) is 27.2 Å². The summed E-state index contributed by atoms with van der Waals surface area (Å²) in [6.45, 7) is 0. The molecule has 172 valence electrons. The summed E-state index contributed by atoms with van der Waals surface area (Å²) in [6, 6.07) is 17.7. The topological polar surface area (TPSA) is 58.6 Å². The van der Waals surface area contributed by atoms with Gasteiger partial charge in [0.1, 0.15) is 22.9 Å². The summed E-state index contributed by atoms with van der Waals surface area (Å²) in [5, 5.41) is 2.07. The maximum absolute atomic E-state index is 14.4. The lowest BCUT2D eigenvalue weighted by Gasteiger charge is -2.29. The number of nitrogens with one attached hydrogen (secondary N) is 1. The van der Waals surface area contributed by atoms with Crippen molar-refractivity contribution in [1.82, 2.24) is 5.32 Å². The van der Waals surface area contributed by atoms with Gasteiger partial charge in [0.05, 0.1) is 11.3 Å². The third kappa shape index (κ3) is 4.67. The monoisotopic (exact) mass is 486 g/mol. The number of alkyl halides is 3. The van der Waals surface area contributed by atoms with Crippen LogP contribution in [0.1, 0.15) is 11.1 Å². The SMILES string of the molecule is O=C1NC(=S)N(c2ccc(Oc3ccccc3)cc2)C(=O)C1=Cc1cccc(C(F)(F)F)c1F. The van der Waals surface area contributed by atoms with Crippen molar-refractivity contribution in [1.29, 1.82) is 0 Å². The molecule has 0 aliphatic carbocycles. The second-order valence-electron chi connectivity index (χ2n) is 7.07. The van der Waals surface area contributed by atoms with Gasteiger partial charge >= 0.3 is 6.18 Å². The Hall–Kier alpha value is -4.05. The molecule has 1 N–H and O–H groups in total. The average Bonchev–Trinajstić information content (AvgIpc) is 2.78. The summed E-state index contributed by atoms with van der Waals surface area (Å²) in [4.78, 5) is 26.4. The smallest absolute Gasteiger partial charge is 0.419 e. The third-order valence-electron chi connectivity index (χ3n) is 4.81. The van der Waals surface area contributed by atoms with Crippen LogP contribution in [0, 0.1) is 5.82 Å². The summed E-state index contributed by atoms with van der Waals surface area (Å²) in [5.74, 6) is -2.39. The van der Waals surface area contributed by atoms with Crippen molar-refractivity contribution in [2.45, 2.75) is 6.18 Å². The van der Waals surface area contributed by atoms with Crippen LogP contribution in [0.4, 0.5) is 23.2 Å². The van der Waals surface area contributed by atoms with Crippen LogP contribution < -0.4 is 15.0 Å². The number of halogens is 4. The summed E-state index contributed by atoms with van der Waals surface area (Å²) in [6.07, 6.45) is -4.17. The maximum Gasteiger partial charge on any atom is 0.419 e. The first-order valence-corrected chi connectivity index (χ1v) is 10.2. The van der Waals surface area contributed by atoms with Crippen LogP contribution in [0.15, 0.2) is 78.4 Å². The fraction of sp³-hybridized carbons (Fsp3) is 0.0417.